The second-order valence-electron chi connectivity index (χ2n) is 3.88. The molecule has 2 aromatic rings. The molecule has 1 aromatic carbocycles. The third kappa shape index (κ3) is 2.66. The zero-order valence-corrected chi connectivity index (χ0v) is 12.1. The Bertz CT molecular complexity index is 582. The van der Waals surface area contributed by atoms with Crippen LogP contribution >= 0.6 is 27.3 Å². The number of nitrogen functional groups attached to an aromatic ring is 1. The van der Waals surface area contributed by atoms with Gasteiger partial charge in [-0.1, -0.05) is 15.9 Å². The van der Waals surface area contributed by atoms with Crippen molar-refractivity contribution >= 4 is 48.9 Å². The molecule has 0 saturated heterocycles. The number of rotatable bonds is 4. The lowest BCUT2D eigenvalue weighted by Crippen LogP contribution is -2.25. The van der Waals surface area contributed by atoms with E-state index in [0.717, 1.165) is 21.0 Å². The van der Waals surface area contributed by atoms with Gasteiger partial charge in [0.1, 0.15) is 4.88 Å². The van der Waals surface area contributed by atoms with Crippen molar-refractivity contribution in [3.63, 3.8) is 0 Å². The van der Waals surface area contributed by atoms with Crippen LogP contribution < -0.4 is 16.8 Å². The molecule has 1 amide bonds. The summed E-state index contributed by atoms with van der Waals surface area (Å²) in [5.41, 5.74) is 11.9. The number of hydrogen-bond acceptors (Lipinski definition) is 4. The summed E-state index contributed by atoms with van der Waals surface area (Å²) >= 11 is 4.81. The maximum atomic E-state index is 12.0. The Morgan fingerprint density at radius 2 is 2.22 bits per heavy atom. The van der Waals surface area contributed by atoms with Gasteiger partial charge in [-0.25, -0.2) is 0 Å². The van der Waals surface area contributed by atoms with Gasteiger partial charge in [-0.3, -0.25) is 4.79 Å². The van der Waals surface area contributed by atoms with Crippen LogP contribution in [0.5, 0.6) is 0 Å². The Morgan fingerprint density at radius 1 is 1.44 bits per heavy atom. The van der Waals surface area contributed by atoms with Crippen LogP contribution in [0, 0.1) is 0 Å². The summed E-state index contributed by atoms with van der Waals surface area (Å²) < 4.78 is 1.97. The maximum absolute atomic E-state index is 12.0. The highest BCUT2D eigenvalue weighted by molar-refractivity contribution is 9.10. The van der Waals surface area contributed by atoms with Crippen molar-refractivity contribution in [3.05, 3.63) is 27.5 Å². The number of amides is 1. The van der Waals surface area contributed by atoms with Crippen LogP contribution in [0.3, 0.4) is 0 Å². The van der Waals surface area contributed by atoms with E-state index in [2.05, 4.69) is 21.2 Å². The van der Waals surface area contributed by atoms with Gasteiger partial charge in [-0.05, 0) is 31.2 Å². The average molecular weight is 328 g/mol. The second-order valence-corrected chi connectivity index (χ2v) is 5.85. The fourth-order valence-corrected chi connectivity index (χ4v) is 3.02. The predicted octanol–water partition coefficient (Wildman–Crippen LogP) is 2.32. The number of nitrogens with one attached hydrogen (secondary N) is 1. The topological polar surface area (TPSA) is 81.1 Å². The summed E-state index contributed by atoms with van der Waals surface area (Å²) in [5, 5.41) is 3.73. The van der Waals surface area contributed by atoms with E-state index in [1.54, 1.807) is 0 Å². The first kappa shape index (κ1) is 13.3. The van der Waals surface area contributed by atoms with Gasteiger partial charge in [0.2, 0.25) is 0 Å². The first-order valence-electron chi connectivity index (χ1n) is 5.59. The van der Waals surface area contributed by atoms with Crippen LogP contribution in [0.25, 0.3) is 10.1 Å². The van der Waals surface area contributed by atoms with Gasteiger partial charge < -0.3 is 16.8 Å². The molecule has 96 valence electrons. The largest absolute Gasteiger partial charge is 0.397 e. The molecule has 0 saturated carbocycles. The third-order valence-electron chi connectivity index (χ3n) is 2.56. The molecule has 0 atom stereocenters. The van der Waals surface area contributed by atoms with E-state index < -0.39 is 0 Å². The fourth-order valence-electron chi connectivity index (χ4n) is 1.64. The fraction of sp³-hybridized carbons (Fsp3) is 0.250. The molecule has 5 N–H and O–H groups in total. The second kappa shape index (κ2) is 5.69. The molecule has 2 rings (SSSR count). The quantitative estimate of drug-likeness (QED) is 0.754. The predicted molar refractivity (Wildman–Crippen MR) is 79.9 cm³/mol. The molecule has 0 aliphatic heterocycles. The summed E-state index contributed by atoms with van der Waals surface area (Å²) in [6.45, 7) is 1.14. The van der Waals surface area contributed by atoms with Crippen LogP contribution in [-0.4, -0.2) is 19.0 Å². The Hall–Kier alpha value is -1.11. The van der Waals surface area contributed by atoms with Crippen molar-refractivity contribution in [2.45, 2.75) is 6.42 Å². The average Bonchev–Trinajstić information content (AvgIpc) is 2.67. The molecular weight excluding hydrogens is 314 g/mol. The summed E-state index contributed by atoms with van der Waals surface area (Å²) in [6, 6.07) is 5.82. The molecule has 0 aliphatic carbocycles. The molecule has 0 unspecified atom stereocenters. The van der Waals surface area contributed by atoms with Crippen LogP contribution in [0.2, 0.25) is 0 Å². The van der Waals surface area contributed by atoms with Crippen molar-refractivity contribution in [2.75, 3.05) is 18.8 Å². The first-order chi connectivity index (χ1) is 8.63. The van der Waals surface area contributed by atoms with Gasteiger partial charge in [-0.15, -0.1) is 11.3 Å². The Morgan fingerprint density at radius 3 is 2.94 bits per heavy atom. The molecule has 0 spiro atoms. The third-order valence-corrected chi connectivity index (χ3v) is 4.24. The van der Waals surface area contributed by atoms with E-state index in [1.807, 2.05) is 18.2 Å². The summed E-state index contributed by atoms with van der Waals surface area (Å²) in [5.74, 6) is -0.127. The number of hydrogen-bond donors (Lipinski definition) is 3. The smallest absolute Gasteiger partial charge is 0.263 e. The number of thiophene rings is 1. The summed E-state index contributed by atoms with van der Waals surface area (Å²) in [7, 11) is 0. The van der Waals surface area contributed by atoms with Crippen LogP contribution in [-0.2, 0) is 0 Å². The van der Waals surface area contributed by atoms with Crippen molar-refractivity contribution in [1.29, 1.82) is 0 Å². The maximum Gasteiger partial charge on any atom is 0.263 e. The van der Waals surface area contributed by atoms with E-state index in [0.29, 0.717) is 23.7 Å². The van der Waals surface area contributed by atoms with Crippen LogP contribution in [0.15, 0.2) is 22.7 Å². The number of halogens is 1. The molecule has 1 heterocycles. The Kier molecular flexibility index (Phi) is 4.21. The minimum atomic E-state index is -0.127. The van der Waals surface area contributed by atoms with Gasteiger partial charge in [0.15, 0.2) is 0 Å². The van der Waals surface area contributed by atoms with Gasteiger partial charge in [0, 0.05) is 21.1 Å². The lowest BCUT2D eigenvalue weighted by molar-refractivity contribution is 0.0958. The van der Waals surface area contributed by atoms with E-state index in [1.165, 1.54) is 11.3 Å². The lowest BCUT2D eigenvalue weighted by Gasteiger charge is -2.02. The molecule has 18 heavy (non-hydrogen) atoms. The highest BCUT2D eigenvalue weighted by Crippen LogP contribution is 2.35. The molecule has 1 aromatic heterocycles. The van der Waals surface area contributed by atoms with E-state index in [-0.39, 0.29) is 5.91 Å². The summed E-state index contributed by atoms with van der Waals surface area (Å²) in [4.78, 5) is 12.5. The summed E-state index contributed by atoms with van der Waals surface area (Å²) in [6.07, 6.45) is 0.766. The monoisotopic (exact) mass is 327 g/mol. The molecule has 0 fully saturated rings. The normalized spacial score (nSPS) is 10.8. The number of anilines is 1. The molecule has 0 aliphatic rings. The van der Waals surface area contributed by atoms with Gasteiger partial charge in [0.05, 0.1) is 5.69 Å². The Labute approximate surface area is 117 Å². The number of benzene rings is 1. The highest BCUT2D eigenvalue weighted by atomic mass is 79.9. The first-order valence-corrected chi connectivity index (χ1v) is 7.20. The number of nitrogens with two attached hydrogens (primary N) is 2. The zero-order chi connectivity index (χ0) is 13.1. The molecule has 0 bridgehead atoms. The molecule has 0 radical (unpaired) electrons. The van der Waals surface area contributed by atoms with Crippen molar-refractivity contribution in [3.8, 4) is 0 Å². The van der Waals surface area contributed by atoms with Crippen LogP contribution in [0.4, 0.5) is 5.69 Å². The van der Waals surface area contributed by atoms with E-state index in [9.17, 15) is 4.79 Å². The lowest BCUT2D eigenvalue weighted by atomic mass is 10.2. The minimum Gasteiger partial charge on any atom is -0.397 e. The molecule has 6 heteroatoms. The van der Waals surface area contributed by atoms with Crippen molar-refractivity contribution in [1.82, 2.24) is 5.32 Å². The minimum absolute atomic E-state index is 0.127. The molecular formula is C12H14BrN3OS. The van der Waals surface area contributed by atoms with E-state index >= 15 is 0 Å². The SMILES string of the molecule is NCCCNC(=O)c1sc2ccc(Br)cc2c1N. The molecule has 4 nitrogen and oxygen atoms in total. The van der Waals surface area contributed by atoms with Crippen molar-refractivity contribution in [2.24, 2.45) is 5.73 Å². The highest BCUT2D eigenvalue weighted by Gasteiger charge is 2.15. The standard InChI is InChI=1S/C12H14BrN3OS/c13-7-2-3-9-8(6-7)10(15)11(18-9)12(17)16-5-1-4-14/h2-3,6H,1,4-5,14-15H2,(H,16,17). The van der Waals surface area contributed by atoms with Gasteiger partial charge in [-0.2, -0.15) is 0 Å². The van der Waals surface area contributed by atoms with E-state index in [4.69, 9.17) is 11.5 Å². The number of carbonyl (C=O) groups is 1. The zero-order valence-electron chi connectivity index (χ0n) is 9.70. The van der Waals surface area contributed by atoms with Gasteiger partial charge in [0.25, 0.3) is 5.91 Å². The number of fused-ring (bicyclic) bond motifs is 1. The van der Waals surface area contributed by atoms with Gasteiger partial charge >= 0.3 is 0 Å². The Balaban J connectivity index is 2.28. The van der Waals surface area contributed by atoms with Crippen LogP contribution in [0.1, 0.15) is 16.1 Å². The number of carbonyl (C=O) groups excluding carboxylic acids is 1. The van der Waals surface area contributed by atoms with Crippen molar-refractivity contribution < 1.29 is 4.79 Å².